The maximum absolute atomic E-state index is 3.17. The van der Waals surface area contributed by atoms with Crippen LogP contribution >= 0.6 is 0 Å². The number of benzene rings is 1. The highest BCUT2D eigenvalue weighted by molar-refractivity contribution is 5.25. The summed E-state index contributed by atoms with van der Waals surface area (Å²) in [5.41, 5.74) is 2.82. The number of hydrogen-bond donors (Lipinski definition) is 1. The van der Waals surface area contributed by atoms with Crippen LogP contribution < -0.4 is 5.32 Å². The number of rotatable bonds is 6. The second-order valence-electron chi connectivity index (χ2n) is 4.12. The Bertz CT molecular complexity index is 284. The monoisotopic (exact) mass is 206 g/mol. The summed E-state index contributed by atoms with van der Waals surface area (Å²) in [4.78, 5) is 2.37. The van der Waals surface area contributed by atoms with Crippen LogP contribution in [-0.2, 0) is 6.54 Å². The van der Waals surface area contributed by atoms with Crippen molar-refractivity contribution in [3.8, 4) is 0 Å². The Labute approximate surface area is 93.3 Å². The molecular formula is C13H22N2. The molecule has 0 aromatic heterocycles. The minimum atomic E-state index is 1.05. The summed E-state index contributed by atoms with van der Waals surface area (Å²) in [5.74, 6) is 0. The molecule has 84 valence electrons. The van der Waals surface area contributed by atoms with Crippen molar-refractivity contribution in [2.24, 2.45) is 0 Å². The van der Waals surface area contributed by atoms with Gasteiger partial charge < -0.3 is 10.2 Å². The highest BCUT2D eigenvalue weighted by atomic mass is 15.1. The fourth-order valence-corrected chi connectivity index (χ4v) is 1.68. The summed E-state index contributed by atoms with van der Waals surface area (Å²) in [6.07, 6.45) is 1.21. The van der Waals surface area contributed by atoms with Crippen molar-refractivity contribution in [1.82, 2.24) is 10.2 Å². The predicted octanol–water partition coefficient (Wildman–Crippen LogP) is 2.04. The van der Waals surface area contributed by atoms with Gasteiger partial charge in [0.15, 0.2) is 0 Å². The molecular weight excluding hydrogens is 184 g/mol. The van der Waals surface area contributed by atoms with Gasteiger partial charge in [-0.25, -0.2) is 0 Å². The molecule has 0 bridgehead atoms. The molecule has 0 spiro atoms. The molecule has 15 heavy (non-hydrogen) atoms. The normalized spacial score (nSPS) is 10.9. The third kappa shape index (κ3) is 4.45. The molecule has 0 unspecified atom stereocenters. The lowest BCUT2D eigenvalue weighted by Gasteiger charge is -2.17. The van der Waals surface area contributed by atoms with Gasteiger partial charge in [-0.1, -0.05) is 24.3 Å². The lowest BCUT2D eigenvalue weighted by atomic mass is 10.1. The van der Waals surface area contributed by atoms with Crippen molar-refractivity contribution in [3.05, 3.63) is 35.4 Å². The zero-order valence-corrected chi connectivity index (χ0v) is 10.1. The van der Waals surface area contributed by atoms with E-state index in [4.69, 9.17) is 0 Å². The number of hydrogen-bond acceptors (Lipinski definition) is 2. The fourth-order valence-electron chi connectivity index (χ4n) is 1.68. The summed E-state index contributed by atoms with van der Waals surface area (Å²) < 4.78 is 0. The maximum atomic E-state index is 3.17. The molecule has 0 amide bonds. The van der Waals surface area contributed by atoms with E-state index in [9.17, 15) is 0 Å². The van der Waals surface area contributed by atoms with Gasteiger partial charge in [0, 0.05) is 6.54 Å². The quantitative estimate of drug-likeness (QED) is 0.717. The molecule has 1 rings (SSSR count). The van der Waals surface area contributed by atoms with Crippen molar-refractivity contribution in [2.45, 2.75) is 19.9 Å². The predicted molar refractivity (Wildman–Crippen MR) is 66.1 cm³/mol. The molecule has 0 fully saturated rings. The first-order valence-electron chi connectivity index (χ1n) is 5.61. The minimum Gasteiger partial charge on any atom is -0.320 e. The standard InChI is InChI=1S/C13H22N2/c1-12-7-4-5-8-13(12)11-15(3)10-6-9-14-2/h4-5,7-8,14H,6,9-11H2,1-3H3. The molecule has 0 saturated carbocycles. The van der Waals surface area contributed by atoms with E-state index in [1.807, 2.05) is 7.05 Å². The average Bonchev–Trinajstić information content (AvgIpc) is 2.22. The summed E-state index contributed by atoms with van der Waals surface area (Å²) in [6, 6.07) is 8.60. The molecule has 1 aromatic rings. The number of nitrogens with one attached hydrogen (secondary N) is 1. The second-order valence-corrected chi connectivity index (χ2v) is 4.12. The first kappa shape index (κ1) is 12.2. The molecule has 0 aliphatic heterocycles. The van der Waals surface area contributed by atoms with E-state index in [1.165, 1.54) is 17.5 Å². The number of nitrogens with zero attached hydrogens (tertiary/aromatic N) is 1. The minimum absolute atomic E-state index is 1.05. The highest BCUT2D eigenvalue weighted by Crippen LogP contribution is 2.09. The van der Waals surface area contributed by atoms with Gasteiger partial charge in [0.05, 0.1) is 0 Å². The van der Waals surface area contributed by atoms with Crippen molar-refractivity contribution in [2.75, 3.05) is 27.2 Å². The third-order valence-corrected chi connectivity index (χ3v) is 2.67. The Morgan fingerprint density at radius 2 is 2.00 bits per heavy atom. The van der Waals surface area contributed by atoms with Crippen LogP contribution in [0.5, 0.6) is 0 Å². The smallest absolute Gasteiger partial charge is 0.0233 e. The molecule has 0 heterocycles. The third-order valence-electron chi connectivity index (χ3n) is 2.67. The largest absolute Gasteiger partial charge is 0.320 e. The van der Waals surface area contributed by atoms with Crippen LogP contribution in [-0.4, -0.2) is 32.1 Å². The van der Waals surface area contributed by atoms with Crippen molar-refractivity contribution >= 4 is 0 Å². The molecule has 0 aliphatic rings. The van der Waals surface area contributed by atoms with Gasteiger partial charge in [0.1, 0.15) is 0 Å². The van der Waals surface area contributed by atoms with Crippen LogP contribution in [0, 0.1) is 6.92 Å². The maximum Gasteiger partial charge on any atom is 0.0233 e. The molecule has 2 heteroatoms. The van der Waals surface area contributed by atoms with E-state index in [1.54, 1.807) is 0 Å². The van der Waals surface area contributed by atoms with Gasteiger partial charge in [-0.15, -0.1) is 0 Å². The van der Waals surface area contributed by atoms with Crippen molar-refractivity contribution in [3.63, 3.8) is 0 Å². The zero-order valence-electron chi connectivity index (χ0n) is 10.1. The van der Waals surface area contributed by atoms with Crippen LogP contribution in [0.1, 0.15) is 17.5 Å². The molecule has 0 atom stereocenters. The average molecular weight is 206 g/mol. The van der Waals surface area contributed by atoms with Gasteiger partial charge in [-0.2, -0.15) is 0 Å². The summed E-state index contributed by atoms with van der Waals surface area (Å²) in [7, 11) is 4.18. The zero-order chi connectivity index (χ0) is 11.1. The lowest BCUT2D eigenvalue weighted by molar-refractivity contribution is 0.320. The van der Waals surface area contributed by atoms with Gasteiger partial charge in [-0.3, -0.25) is 0 Å². The Morgan fingerprint density at radius 3 is 2.67 bits per heavy atom. The molecule has 0 aliphatic carbocycles. The van der Waals surface area contributed by atoms with Crippen LogP contribution in [0.15, 0.2) is 24.3 Å². The van der Waals surface area contributed by atoms with Crippen molar-refractivity contribution < 1.29 is 0 Å². The van der Waals surface area contributed by atoms with E-state index < -0.39 is 0 Å². The highest BCUT2D eigenvalue weighted by Gasteiger charge is 2.01. The Morgan fingerprint density at radius 1 is 1.27 bits per heavy atom. The Kier molecular flexibility index (Phi) is 5.37. The second kappa shape index (κ2) is 6.59. The van der Waals surface area contributed by atoms with Crippen LogP contribution in [0.3, 0.4) is 0 Å². The van der Waals surface area contributed by atoms with E-state index in [0.29, 0.717) is 0 Å². The van der Waals surface area contributed by atoms with E-state index >= 15 is 0 Å². The number of aryl methyl sites for hydroxylation is 1. The fraction of sp³-hybridized carbons (Fsp3) is 0.538. The Balaban J connectivity index is 2.37. The van der Waals surface area contributed by atoms with Gasteiger partial charge in [0.2, 0.25) is 0 Å². The Hall–Kier alpha value is -0.860. The lowest BCUT2D eigenvalue weighted by Crippen LogP contribution is -2.22. The SMILES string of the molecule is CNCCCN(C)Cc1ccccc1C. The van der Waals surface area contributed by atoms with E-state index in [-0.39, 0.29) is 0 Å². The summed E-state index contributed by atoms with van der Waals surface area (Å²) in [6.45, 7) is 5.47. The summed E-state index contributed by atoms with van der Waals surface area (Å²) in [5, 5.41) is 3.17. The first-order chi connectivity index (χ1) is 7.24. The molecule has 2 nitrogen and oxygen atoms in total. The topological polar surface area (TPSA) is 15.3 Å². The van der Waals surface area contributed by atoms with Crippen molar-refractivity contribution in [1.29, 1.82) is 0 Å². The first-order valence-corrected chi connectivity index (χ1v) is 5.61. The van der Waals surface area contributed by atoms with E-state index in [2.05, 4.69) is 48.5 Å². The van der Waals surface area contributed by atoms with Crippen LogP contribution in [0.2, 0.25) is 0 Å². The molecule has 1 aromatic carbocycles. The van der Waals surface area contributed by atoms with Gasteiger partial charge in [0.25, 0.3) is 0 Å². The summed E-state index contributed by atoms with van der Waals surface area (Å²) >= 11 is 0. The molecule has 0 saturated heterocycles. The molecule has 1 N–H and O–H groups in total. The molecule has 0 radical (unpaired) electrons. The van der Waals surface area contributed by atoms with E-state index in [0.717, 1.165) is 19.6 Å². The van der Waals surface area contributed by atoms with Crippen LogP contribution in [0.4, 0.5) is 0 Å². The van der Waals surface area contributed by atoms with Gasteiger partial charge >= 0.3 is 0 Å². The van der Waals surface area contributed by atoms with Crippen LogP contribution in [0.25, 0.3) is 0 Å². The van der Waals surface area contributed by atoms with Gasteiger partial charge in [-0.05, 0) is 51.7 Å².